The summed E-state index contributed by atoms with van der Waals surface area (Å²) in [6, 6.07) is 12.6. The van der Waals surface area contributed by atoms with Gasteiger partial charge >= 0.3 is 11.8 Å². The fraction of sp³-hybridized carbons (Fsp3) is 0.364. The van der Waals surface area contributed by atoms with Crippen molar-refractivity contribution in [3.8, 4) is 0 Å². The molecule has 2 amide bonds. The van der Waals surface area contributed by atoms with Crippen LogP contribution in [0.5, 0.6) is 0 Å². The van der Waals surface area contributed by atoms with Gasteiger partial charge in [0.2, 0.25) is 0 Å². The molecule has 0 radical (unpaired) electrons. The Kier molecular flexibility index (Phi) is 7.00. The molecular weight excluding hydrogens is 384 g/mol. The van der Waals surface area contributed by atoms with Crippen molar-refractivity contribution in [2.45, 2.75) is 32.6 Å². The van der Waals surface area contributed by atoms with Gasteiger partial charge in [-0.25, -0.2) is 0 Å². The molecule has 0 aliphatic carbocycles. The summed E-state index contributed by atoms with van der Waals surface area (Å²) in [6.45, 7) is 4.30. The van der Waals surface area contributed by atoms with Gasteiger partial charge in [0, 0.05) is 37.5 Å². The van der Waals surface area contributed by atoms with Crippen LogP contribution < -0.4 is 15.5 Å². The summed E-state index contributed by atoms with van der Waals surface area (Å²) < 4.78 is 0. The lowest BCUT2D eigenvalue weighted by Gasteiger charge is -2.17. The van der Waals surface area contributed by atoms with E-state index in [2.05, 4.69) is 39.8 Å². The zero-order valence-corrected chi connectivity index (χ0v) is 17.0. The minimum absolute atomic E-state index is 0.146. The van der Waals surface area contributed by atoms with Gasteiger partial charge in [0.25, 0.3) is 5.69 Å². The third-order valence-corrected chi connectivity index (χ3v) is 5.22. The highest BCUT2D eigenvalue weighted by molar-refractivity contribution is 6.39. The second-order valence-electron chi connectivity index (χ2n) is 7.43. The molecule has 1 saturated heterocycles. The summed E-state index contributed by atoms with van der Waals surface area (Å²) in [5.41, 5.74) is 3.18. The Balaban J connectivity index is 1.42. The van der Waals surface area contributed by atoms with Gasteiger partial charge < -0.3 is 15.5 Å². The van der Waals surface area contributed by atoms with Gasteiger partial charge in [-0.2, -0.15) is 0 Å². The van der Waals surface area contributed by atoms with Gasteiger partial charge in [-0.05, 0) is 55.9 Å². The molecule has 2 aromatic rings. The average molecular weight is 410 g/mol. The number of anilines is 2. The molecule has 0 saturated carbocycles. The maximum Gasteiger partial charge on any atom is 0.313 e. The molecule has 8 nitrogen and oxygen atoms in total. The first-order valence-electron chi connectivity index (χ1n) is 10.1. The fourth-order valence-electron chi connectivity index (χ4n) is 3.46. The highest BCUT2D eigenvalue weighted by atomic mass is 16.6. The van der Waals surface area contributed by atoms with Crippen molar-refractivity contribution >= 4 is 28.9 Å². The first-order chi connectivity index (χ1) is 14.4. The summed E-state index contributed by atoms with van der Waals surface area (Å²) >= 11 is 0. The summed E-state index contributed by atoms with van der Waals surface area (Å²) in [7, 11) is 0. The molecule has 1 fully saturated rings. The zero-order chi connectivity index (χ0) is 21.5. The molecule has 0 unspecified atom stereocenters. The number of nitro groups is 1. The SMILES string of the molecule is Cc1ccc([N+](=O)[O-])cc1NC(=O)C(=O)NCCCc1ccc(N2CCCC2)cc1. The molecule has 1 heterocycles. The number of rotatable bonds is 7. The van der Waals surface area contributed by atoms with Crippen molar-refractivity contribution in [2.24, 2.45) is 0 Å². The van der Waals surface area contributed by atoms with Crippen molar-refractivity contribution < 1.29 is 14.5 Å². The maximum absolute atomic E-state index is 12.1. The lowest BCUT2D eigenvalue weighted by molar-refractivity contribution is -0.384. The number of carbonyl (C=O) groups excluding carboxylic acids is 2. The number of carbonyl (C=O) groups is 2. The maximum atomic E-state index is 12.1. The summed E-state index contributed by atoms with van der Waals surface area (Å²) in [5.74, 6) is -1.60. The Morgan fingerprint density at radius 1 is 1.07 bits per heavy atom. The van der Waals surface area contributed by atoms with Crippen LogP contribution in [0.4, 0.5) is 17.1 Å². The van der Waals surface area contributed by atoms with Crippen LogP contribution in [0.1, 0.15) is 30.4 Å². The predicted octanol–water partition coefficient (Wildman–Crippen LogP) is 3.19. The molecule has 0 aromatic heterocycles. The molecular formula is C22H26N4O4. The lowest BCUT2D eigenvalue weighted by Crippen LogP contribution is -2.36. The van der Waals surface area contributed by atoms with Crippen LogP contribution in [0.25, 0.3) is 0 Å². The Hall–Kier alpha value is -3.42. The van der Waals surface area contributed by atoms with Crippen LogP contribution in [0.2, 0.25) is 0 Å². The highest BCUT2D eigenvalue weighted by Gasteiger charge is 2.16. The quantitative estimate of drug-likeness (QED) is 0.316. The number of nitrogens with one attached hydrogen (secondary N) is 2. The van der Waals surface area contributed by atoms with Gasteiger partial charge in [0.15, 0.2) is 0 Å². The lowest BCUT2D eigenvalue weighted by atomic mass is 10.1. The molecule has 1 aliphatic heterocycles. The van der Waals surface area contributed by atoms with E-state index in [0.29, 0.717) is 18.5 Å². The van der Waals surface area contributed by atoms with Crippen molar-refractivity contribution in [2.75, 3.05) is 29.9 Å². The van der Waals surface area contributed by atoms with E-state index in [1.807, 2.05) is 0 Å². The van der Waals surface area contributed by atoms with E-state index in [1.54, 1.807) is 6.92 Å². The van der Waals surface area contributed by atoms with E-state index in [9.17, 15) is 19.7 Å². The van der Waals surface area contributed by atoms with E-state index in [4.69, 9.17) is 0 Å². The third kappa shape index (κ3) is 5.56. The van der Waals surface area contributed by atoms with Crippen molar-refractivity contribution in [1.82, 2.24) is 5.32 Å². The molecule has 8 heteroatoms. The van der Waals surface area contributed by atoms with Gasteiger partial charge in [0.05, 0.1) is 10.6 Å². The molecule has 30 heavy (non-hydrogen) atoms. The number of aryl methyl sites for hydroxylation is 2. The van der Waals surface area contributed by atoms with Gasteiger partial charge in [0.1, 0.15) is 0 Å². The standard InChI is InChI=1S/C22H26N4O4/c1-16-6-9-19(26(29)30)15-20(16)24-22(28)21(27)23-12-4-5-17-7-10-18(11-8-17)25-13-2-3-14-25/h6-11,15H,2-5,12-14H2,1H3,(H,23,27)(H,24,28). The van der Waals surface area contributed by atoms with Gasteiger partial charge in [-0.3, -0.25) is 19.7 Å². The number of benzene rings is 2. The van der Waals surface area contributed by atoms with E-state index < -0.39 is 16.7 Å². The minimum Gasteiger partial charge on any atom is -0.372 e. The molecule has 1 aliphatic rings. The molecule has 0 spiro atoms. The Morgan fingerprint density at radius 3 is 2.43 bits per heavy atom. The molecule has 2 aromatic carbocycles. The van der Waals surface area contributed by atoms with E-state index in [0.717, 1.165) is 19.5 Å². The van der Waals surface area contributed by atoms with Crippen LogP contribution in [-0.2, 0) is 16.0 Å². The summed E-state index contributed by atoms with van der Waals surface area (Å²) in [5, 5.41) is 15.9. The van der Waals surface area contributed by atoms with Crippen molar-refractivity contribution in [1.29, 1.82) is 0 Å². The zero-order valence-electron chi connectivity index (χ0n) is 17.0. The van der Waals surface area contributed by atoms with Crippen LogP contribution in [-0.4, -0.2) is 36.4 Å². The Morgan fingerprint density at radius 2 is 1.77 bits per heavy atom. The Bertz CT molecular complexity index is 921. The van der Waals surface area contributed by atoms with Crippen LogP contribution in [0, 0.1) is 17.0 Å². The number of amides is 2. The van der Waals surface area contributed by atoms with Crippen LogP contribution in [0.3, 0.4) is 0 Å². The van der Waals surface area contributed by atoms with Crippen molar-refractivity contribution in [3.63, 3.8) is 0 Å². The van der Waals surface area contributed by atoms with E-state index in [-0.39, 0.29) is 11.4 Å². The smallest absolute Gasteiger partial charge is 0.313 e. The summed E-state index contributed by atoms with van der Waals surface area (Å²) in [4.78, 5) is 36.8. The molecule has 2 N–H and O–H groups in total. The normalized spacial score (nSPS) is 13.2. The number of hydrogen-bond donors (Lipinski definition) is 2. The molecule has 3 rings (SSSR count). The van der Waals surface area contributed by atoms with Gasteiger partial charge in [-0.15, -0.1) is 0 Å². The second-order valence-corrected chi connectivity index (χ2v) is 7.43. The number of hydrogen-bond acceptors (Lipinski definition) is 5. The van der Waals surface area contributed by atoms with Crippen LogP contribution in [0.15, 0.2) is 42.5 Å². The minimum atomic E-state index is -0.839. The molecule has 158 valence electrons. The number of nitrogens with zero attached hydrogens (tertiary/aromatic N) is 2. The largest absolute Gasteiger partial charge is 0.372 e. The van der Waals surface area contributed by atoms with Crippen molar-refractivity contribution in [3.05, 3.63) is 63.7 Å². The number of non-ortho nitro benzene ring substituents is 1. The van der Waals surface area contributed by atoms with Gasteiger partial charge in [-0.1, -0.05) is 18.2 Å². The summed E-state index contributed by atoms with van der Waals surface area (Å²) in [6.07, 6.45) is 4.00. The monoisotopic (exact) mass is 410 g/mol. The predicted molar refractivity (Wildman–Crippen MR) is 116 cm³/mol. The molecule has 0 atom stereocenters. The highest BCUT2D eigenvalue weighted by Crippen LogP contribution is 2.22. The van der Waals surface area contributed by atoms with Crippen LogP contribution >= 0.6 is 0 Å². The first kappa shape index (κ1) is 21.3. The molecule has 0 bridgehead atoms. The average Bonchev–Trinajstić information content (AvgIpc) is 3.27. The topological polar surface area (TPSA) is 105 Å². The van der Waals surface area contributed by atoms with E-state index in [1.165, 1.54) is 42.3 Å². The third-order valence-electron chi connectivity index (χ3n) is 5.22. The fourth-order valence-corrected chi connectivity index (χ4v) is 3.46. The second kappa shape index (κ2) is 9.87. The number of nitro benzene ring substituents is 1. The van der Waals surface area contributed by atoms with E-state index >= 15 is 0 Å². The Labute approximate surface area is 175 Å². The first-order valence-corrected chi connectivity index (χ1v) is 10.1.